The van der Waals surface area contributed by atoms with Crippen molar-refractivity contribution >= 4 is 27.5 Å². The number of hydrazine groups is 1. The second kappa shape index (κ2) is 7.10. The number of hydrogen-bond acceptors (Lipinski definition) is 6. The number of benzene rings is 1. The molecule has 0 aliphatic carbocycles. The molecule has 1 heterocycles. The molecular weight excluding hydrogens is 334 g/mol. The molecule has 2 rings (SSSR count). The Hall–Kier alpha value is -2.26. The van der Waals surface area contributed by atoms with Crippen molar-refractivity contribution in [2.24, 2.45) is 0 Å². The molecule has 0 radical (unpaired) electrons. The number of carbonyl (C=O) groups excluding carboxylic acids is 1. The van der Waals surface area contributed by atoms with Gasteiger partial charge in [0.15, 0.2) is 9.84 Å². The highest BCUT2D eigenvalue weighted by molar-refractivity contribution is 7.91. The Balaban J connectivity index is 2.16. The molecule has 24 heavy (non-hydrogen) atoms. The van der Waals surface area contributed by atoms with Gasteiger partial charge in [0.2, 0.25) is 0 Å². The Labute approximate surface area is 140 Å². The predicted molar refractivity (Wildman–Crippen MR) is 89.7 cm³/mol. The molecule has 1 aliphatic heterocycles. The van der Waals surface area contributed by atoms with Crippen molar-refractivity contribution in [3.8, 4) is 0 Å². The van der Waals surface area contributed by atoms with Crippen LogP contribution < -0.4 is 0 Å². The maximum absolute atomic E-state index is 12.4. The second-order valence-corrected chi connectivity index (χ2v) is 8.00. The van der Waals surface area contributed by atoms with Gasteiger partial charge in [0, 0.05) is 32.3 Å². The van der Waals surface area contributed by atoms with E-state index in [4.69, 9.17) is 0 Å². The molecule has 1 aromatic carbocycles. The Morgan fingerprint density at radius 2 is 2.08 bits per heavy atom. The van der Waals surface area contributed by atoms with E-state index in [1.54, 1.807) is 25.2 Å². The van der Waals surface area contributed by atoms with Crippen molar-refractivity contribution in [3.05, 3.63) is 46.0 Å². The Bertz CT molecular complexity index is 773. The number of non-ortho nitro benzene ring substituents is 1. The summed E-state index contributed by atoms with van der Waals surface area (Å²) in [5, 5.41) is 13.7. The third-order valence-electron chi connectivity index (χ3n) is 3.71. The first-order valence-electron chi connectivity index (χ1n) is 7.33. The average Bonchev–Trinajstić information content (AvgIpc) is 2.85. The van der Waals surface area contributed by atoms with Crippen LogP contribution in [0.4, 0.5) is 5.69 Å². The van der Waals surface area contributed by atoms with Crippen molar-refractivity contribution in [2.45, 2.75) is 12.5 Å². The first-order chi connectivity index (χ1) is 11.2. The SMILES string of the molecule is CN(C)N(C(=O)/C=C/c1cccc([N+](=O)[O-])c1)C1CCS(=O)(=O)C1. The van der Waals surface area contributed by atoms with E-state index in [9.17, 15) is 23.3 Å². The van der Waals surface area contributed by atoms with Gasteiger partial charge in [-0.1, -0.05) is 12.1 Å². The van der Waals surface area contributed by atoms with Crippen LogP contribution in [0, 0.1) is 10.1 Å². The quantitative estimate of drug-likeness (QED) is 0.446. The van der Waals surface area contributed by atoms with Crippen LogP contribution in [0.25, 0.3) is 6.08 Å². The highest BCUT2D eigenvalue weighted by Crippen LogP contribution is 2.19. The standard InChI is InChI=1S/C15H19N3O5S/c1-16(2)17(14-8-9-24(22,23)11-14)15(19)7-6-12-4-3-5-13(10-12)18(20)21/h3-7,10,14H,8-9,11H2,1-2H3/b7-6+. The van der Waals surface area contributed by atoms with E-state index in [2.05, 4.69) is 0 Å². The fourth-order valence-electron chi connectivity index (χ4n) is 2.66. The highest BCUT2D eigenvalue weighted by Gasteiger charge is 2.35. The van der Waals surface area contributed by atoms with Gasteiger partial charge in [-0.15, -0.1) is 0 Å². The predicted octanol–water partition coefficient (Wildman–Crippen LogP) is 1.10. The van der Waals surface area contributed by atoms with Gasteiger partial charge in [0.25, 0.3) is 11.6 Å². The minimum absolute atomic E-state index is 0.0540. The fraction of sp³-hybridized carbons (Fsp3) is 0.400. The van der Waals surface area contributed by atoms with Crippen LogP contribution in [-0.4, -0.2) is 60.9 Å². The van der Waals surface area contributed by atoms with Crippen LogP contribution in [-0.2, 0) is 14.6 Å². The van der Waals surface area contributed by atoms with E-state index in [0.29, 0.717) is 12.0 Å². The Morgan fingerprint density at radius 3 is 2.62 bits per heavy atom. The number of hydrogen-bond donors (Lipinski definition) is 0. The maximum Gasteiger partial charge on any atom is 0.270 e. The zero-order valence-corrected chi connectivity index (χ0v) is 14.3. The summed E-state index contributed by atoms with van der Waals surface area (Å²) in [5.41, 5.74) is 0.464. The average molecular weight is 353 g/mol. The topological polar surface area (TPSA) is 101 Å². The van der Waals surface area contributed by atoms with E-state index in [0.717, 1.165) is 0 Å². The van der Waals surface area contributed by atoms with Crippen LogP contribution in [0.5, 0.6) is 0 Å². The van der Waals surface area contributed by atoms with E-state index < -0.39 is 20.8 Å². The number of carbonyl (C=O) groups is 1. The molecule has 0 bridgehead atoms. The molecule has 1 amide bonds. The third-order valence-corrected chi connectivity index (χ3v) is 5.46. The van der Waals surface area contributed by atoms with Gasteiger partial charge < -0.3 is 0 Å². The number of nitro benzene ring substituents is 1. The lowest BCUT2D eigenvalue weighted by atomic mass is 10.2. The molecule has 1 atom stereocenters. The lowest BCUT2D eigenvalue weighted by Crippen LogP contribution is -2.48. The van der Waals surface area contributed by atoms with Gasteiger partial charge in [-0.2, -0.15) is 0 Å². The molecule has 1 saturated heterocycles. The molecule has 0 saturated carbocycles. The smallest absolute Gasteiger partial charge is 0.268 e. The van der Waals surface area contributed by atoms with E-state index >= 15 is 0 Å². The van der Waals surface area contributed by atoms with E-state index in [1.807, 2.05) is 0 Å². The van der Waals surface area contributed by atoms with Gasteiger partial charge in [0.1, 0.15) is 0 Å². The van der Waals surface area contributed by atoms with Crippen LogP contribution in [0.1, 0.15) is 12.0 Å². The molecule has 0 aromatic heterocycles. The van der Waals surface area contributed by atoms with Gasteiger partial charge in [-0.3, -0.25) is 19.9 Å². The van der Waals surface area contributed by atoms with Crippen LogP contribution in [0.2, 0.25) is 0 Å². The molecule has 1 aliphatic rings. The maximum atomic E-state index is 12.4. The number of sulfone groups is 1. The van der Waals surface area contributed by atoms with Crippen LogP contribution >= 0.6 is 0 Å². The first-order valence-corrected chi connectivity index (χ1v) is 9.15. The zero-order chi connectivity index (χ0) is 17.9. The molecule has 9 heteroatoms. The van der Waals surface area contributed by atoms with Gasteiger partial charge in [0.05, 0.1) is 22.5 Å². The molecule has 8 nitrogen and oxygen atoms in total. The molecule has 130 valence electrons. The number of amides is 1. The second-order valence-electron chi connectivity index (χ2n) is 5.77. The molecule has 0 spiro atoms. The molecule has 1 unspecified atom stereocenters. The van der Waals surface area contributed by atoms with Crippen molar-refractivity contribution in [1.82, 2.24) is 10.0 Å². The summed E-state index contributed by atoms with van der Waals surface area (Å²) in [6.45, 7) is 0. The number of nitro groups is 1. The lowest BCUT2D eigenvalue weighted by Gasteiger charge is -2.32. The summed E-state index contributed by atoms with van der Waals surface area (Å²) in [7, 11) is 0.232. The van der Waals surface area contributed by atoms with E-state index in [1.165, 1.54) is 35.4 Å². The van der Waals surface area contributed by atoms with Gasteiger partial charge >= 0.3 is 0 Å². The van der Waals surface area contributed by atoms with Crippen molar-refractivity contribution in [1.29, 1.82) is 0 Å². The minimum atomic E-state index is -3.11. The van der Waals surface area contributed by atoms with Gasteiger partial charge in [-0.25, -0.2) is 13.4 Å². The van der Waals surface area contributed by atoms with Crippen molar-refractivity contribution in [2.75, 3.05) is 25.6 Å². The Kier molecular flexibility index (Phi) is 5.35. The third kappa shape index (κ3) is 4.39. The largest absolute Gasteiger partial charge is 0.270 e. The Morgan fingerprint density at radius 1 is 1.38 bits per heavy atom. The van der Waals surface area contributed by atoms with Crippen molar-refractivity contribution in [3.63, 3.8) is 0 Å². The molecule has 1 aromatic rings. The van der Waals surface area contributed by atoms with Crippen molar-refractivity contribution < 1.29 is 18.1 Å². The van der Waals surface area contributed by atoms with E-state index in [-0.39, 0.29) is 23.1 Å². The van der Waals surface area contributed by atoms with Crippen LogP contribution in [0.3, 0.4) is 0 Å². The normalized spacial score (nSPS) is 19.7. The summed E-state index contributed by atoms with van der Waals surface area (Å²) in [6, 6.07) is 5.53. The molecular formula is C15H19N3O5S. The molecule has 0 N–H and O–H groups in total. The monoisotopic (exact) mass is 353 g/mol. The zero-order valence-electron chi connectivity index (χ0n) is 13.5. The number of rotatable bonds is 5. The minimum Gasteiger partial charge on any atom is -0.268 e. The molecule has 1 fully saturated rings. The van der Waals surface area contributed by atoms with Crippen LogP contribution in [0.15, 0.2) is 30.3 Å². The fourth-order valence-corrected chi connectivity index (χ4v) is 4.35. The first kappa shape index (κ1) is 18.1. The summed E-state index contributed by atoms with van der Waals surface area (Å²) in [5.74, 6) is -0.348. The summed E-state index contributed by atoms with van der Waals surface area (Å²) >= 11 is 0. The summed E-state index contributed by atoms with van der Waals surface area (Å²) in [4.78, 5) is 22.7. The summed E-state index contributed by atoms with van der Waals surface area (Å²) in [6.07, 6.45) is 3.18. The highest BCUT2D eigenvalue weighted by atomic mass is 32.2. The lowest BCUT2D eigenvalue weighted by molar-refractivity contribution is -0.384. The van der Waals surface area contributed by atoms with Gasteiger partial charge in [-0.05, 0) is 18.1 Å². The number of nitrogens with zero attached hydrogens (tertiary/aromatic N) is 3. The summed E-state index contributed by atoms with van der Waals surface area (Å²) < 4.78 is 23.3.